The Balaban J connectivity index is 1.66. The molecule has 2 aliphatic heterocycles. The summed E-state index contributed by atoms with van der Waals surface area (Å²) < 4.78 is 34.4. The summed E-state index contributed by atoms with van der Waals surface area (Å²) in [5.41, 5.74) is -0.414. The lowest BCUT2D eigenvalue weighted by molar-refractivity contribution is -0.106. The van der Waals surface area contributed by atoms with E-state index in [1.807, 2.05) is 6.07 Å². The van der Waals surface area contributed by atoms with Crippen LogP contribution in [0.5, 0.6) is 0 Å². The van der Waals surface area contributed by atoms with Gasteiger partial charge in [0.15, 0.2) is 5.17 Å². The quantitative estimate of drug-likeness (QED) is 0.552. The molecule has 9 heteroatoms. The molecular weight excluding hydrogens is 436 g/mol. The molecule has 1 fully saturated rings. The van der Waals surface area contributed by atoms with Crippen LogP contribution in [0.2, 0.25) is 0 Å². The lowest BCUT2D eigenvalue weighted by Gasteiger charge is -2.46. The molecule has 166 valence electrons. The number of fused-ring (bicyclic) bond motifs is 1. The van der Waals surface area contributed by atoms with Crippen LogP contribution in [0, 0.1) is 17.6 Å². The van der Waals surface area contributed by atoms with E-state index in [4.69, 9.17) is 9.73 Å². The molecule has 3 unspecified atom stereocenters. The second kappa shape index (κ2) is 9.70. The van der Waals surface area contributed by atoms with Gasteiger partial charge in [-0.25, -0.2) is 13.8 Å². The molecule has 0 radical (unpaired) electrons. The maximum atomic E-state index is 14.9. The van der Waals surface area contributed by atoms with E-state index in [0.717, 1.165) is 6.07 Å². The number of carbonyl (C=O) groups is 2. The van der Waals surface area contributed by atoms with Crippen molar-refractivity contribution in [1.29, 1.82) is 0 Å². The molecule has 0 spiro atoms. The first-order valence-corrected chi connectivity index (χ1v) is 11.1. The molecule has 2 aromatic carbocycles. The van der Waals surface area contributed by atoms with E-state index in [9.17, 15) is 18.4 Å². The van der Waals surface area contributed by atoms with Crippen LogP contribution >= 0.6 is 11.8 Å². The van der Waals surface area contributed by atoms with E-state index >= 15 is 0 Å². The average Bonchev–Trinajstić information content (AvgIpc) is 2.80. The van der Waals surface area contributed by atoms with Gasteiger partial charge in [-0.3, -0.25) is 9.79 Å². The zero-order chi connectivity index (χ0) is 22.6. The smallest absolute Gasteiger partial charge is 0.257 e. The van der Waals surface area contributed by atoms with Gasteiger partial charge in [0, 0.05) is 35.1 Å². The van der Waals surface area contributed by atoms with Gasteiger partial charge in [0.2, 0.25) is 0 Å². The number of hydrogen-bond donors (Lipinski definition) is 1. The Kier molecular flexibility index (Phi) is 6.76. The largest absolute Gasteiger partial charge is 0.370 e. The van der Waals surface area contributed by atoms with Crippen LogP contribution in [0.3, 0.4) is 0 Å². The Hall–Kier alpha value is -2.91. The number of carbonyl (C=O) groups excluding carboxylic acids is 2. The molecule has 1 saturated heterocycles. The van der Waals surface area contributed by atoms with E-state index in [2.05, 4.69) is 10.3 Å². The second-order valence-electron chi connectivity index (χ2n) is 7.56. The van der Waals surface area contributed by atoms with Crippen molar-refractivity contribution in [3.05, 3.63) is 71.3 Å². The molecule has 0 saturated carbocycles. The van der Waals surface area contributed by atoms with Crippen molar-refractivity contribution in [3.63, 3.8) is 0 Å². The molecule has 1 amide bonds. The molecule has 4 rings (SSSR count). The highest BCUT2D eigenvalue weighted by Gasteiger charge is 2.49. The van der Waals surface area contributed by atoms with Crippen LogP contribution < -0.4 is 5.32 Å². The van der Waals surface area contributed by atoms with Gasteiger partial charge in [0.25, 0.3) is 5.91 Å². The number of benzene rings is 2. The van der Waals surface area contributed by atoms with Crippen molar-refractivity contribution in [2.24, 2.45) is 15.9 Å². The lowest BCUT2D eigenvalue weighted by Crippen LogP contribution is -2.51. The highest BCUT2D eigenvalue weighted by molar-refractivity contribution is 8.13. The summed E-state index contributed by atoms with van der Waals surface area (Å²) in [6, 6.07) is 12.1. The molecule has 3 atom stereocenters. The van der Waals surface area contributed by atoms with Crippen molar-refractivity contribution in [1.82, 2.24) is 5.32 Å². The van der Waals surface area contributed by atoms with Crippen LogP contribution in [0.15, 0.2) is 58.5 Å². The van der Waals surface area contributed by atoms with Crippen molar-refractivity contribution in [2.45, 2.75) is 18.1 Å². The predicted molar refractivity (Wildman–Crippen MR) is 119 cm³/mol. The van der Waals surface area contributed by atoms with Gasteiger partial charge in [-0.15, -0.1) is 0 Å². The zero-order valence-corrected chi connectivity index (χ0v) is 17.9. The third-order valence-corrected chi connectivity index (χ3v) is 6.57. The van der Waals surface area contributed by atoms with Crippen LogP contribution in [-0.2, 0) is 15.1 Å². The molecule has 2 aromatic rings. The molecule has 32 heavy (non-hydrogen) atoms. The topological polar surface area (TPSA) is 80.1 Å². The standard InChI is InChI=1S/C23H21F2N3O3S/c24-17-6-7-19(20(25)11-17)23-14-31-18(12-26-8-9-29)10-16(23)13-32-22(28-23)27-21(30)15-4-2-1-3-5-15/h1-7,9,11-12,16,18H,8,10,13-14H2,(H,27,28,30). The molecular formula is C23H21F2N3O3S. The predicted octanol–water partition coefficient (Wildman–Crippen LogP) is 3.37. The summed E-state index contributed by atoms with van der Waals surface area (Å²) >= 11 is 1.37. The highest BCUT2D eigenvalue weighted by atomic mass is 32.2. The molecule has 0 aliphatic carbocycles. The van der Waals surface area contributed by atoms with Crippen molar-refractivity contribution < 1.29 is 23.1 Å². The van der Waals surface area contributed by atoms with Crippen molar-refractivity contribution in [2.75, 3.05) is 18.9 Å². The third-order valence-electron chi connectivity index (χ3n) is 5.54. The fourth-order valence-electron chi connectivity index (χ4n) is 3.96. The number of hydrogen-bond acceptors (Lipinski definition) is 6. The Morgan fingerprint density at radius 3 is 2.84 bits per heavy atom. The van der Waals surface area contributed by atoms with Crippen LogP contribution in [0.1, 0.15) is 22.3 Å². The number of amidine groups is 1. The molecule has 0 aromatic heterocycles. The first-order chi connectivity index (χ1) is 15.5. The van der Waals surface area contributed by atoms with E-state index in [-0.39, 0.29) is 36.6 Å². The second-order valence-corrected chi connectivity index (χ2v) is 8.57. The lowest BCUT2D eigenvalue weighted by atomic mass is 9.75. The first kappa shape index (κ1) is 22.3. The molecule has 2 aliphatic rings. The Morgan fingerprint density at radius 2 is 2.09 bits per heavy atom. The summed E-state index contributed by atoms with van der Waals surface area (Å²) in [6.07, 6.45) is 2.43. The maximum absolute atomic E-state index is 14.9. The fourth-order valence-corrected chi connectivity index (χ4v) is 5.13. The monoisotopic (exact) mass is 457 g/mol. The normalized spacial score (nSPS) is 25.1. The maximum Gasteiger partial charge on any atom is 0.257 e. The van der Waals surface area contributed by atoms with Gasteiger partial charge in [0.05, 0.1) is 19.3 Å². The minimum absolute atomic E-state index is 0.0310. The number of aldehydes is 1. The average molecular weight is 458 g/mol. The third kappa shape index (κ3) is 4.63. The molecule has 2 heterocycles. The summed E-state index contributed by atoms with van der Waals surface area (Å²) in [5.74, 6) is -1.31. The number of amides is 1. The van der Waals surface area contributed by atoms with Gasteiger partial charge in [-0.05, 0) is 24.6 Å². The van der Waals surface area contributed by atoms with Crippen molar-refractivity contribution >= 4 is 35.3 Å². The number of aliphatic imine (C=N–C) groups is 2. The SMILES string of the molecule is O=CCN=CC1CC2CSC(NC(=O)c3ccccc3)=NC2(c2ccc(F)cc2F)CO1. The summed E-state index contributed by atoms with van der Waals surface area (Å²) in [6.45, 7) is 0.0775. The van der Waals surface area contributed by atoms with Crippen LogP contribution in [0.25, 0.3) is 0 Å². The number of nitrogens with one attached hydrogen (secondary N) is 1. The Morgan fingerprint density at radius 1 is 1.28 bits per heavy atom. The summed E-state index contributed by atoms with van der Waals surface area (Å²) in [7, 11) is 0. The summed E-state index contributed by atoms with van der Waals surface area (Å²) in [5, 5.41) is 3.16. The first-order valence-electron chi connectivity index (χ1n) is 10.1. The summed E-state index contributed by atoms with van der Waals surface area (Å²) in [4.78, 5) is 31.9. The van der Waals surface area contributed by atoms with Gasteiger partial charge in [0.1, 0.15) is 23.5 Å². The highest BCUT2D eigenvalue weighted by Crippen LogP contribution is 2.46. The van der Waals surface area contributed by atoms with E-state index in [1.165, 1.54) is 23.9 Å². The van der Waals surface area contributed by atoms with Gasteiger partial charge < -0.3 is 14.8 Å². The molecule has 0 bridgehead atoms. The van der Waals surface area contributed by atoms with Crippen LogP contribution in [-0.4, -0.2) is 48.6 Å². The minimum atomic E-state index is -1.11. The number of thioether (sulfide) groups is 1. The van der Waals surface area contributed by atoms with Crippen LogP contribution in [0.4, 0.5) is 8.78 Å². The number of halogens is 2. The zero-order valence-electron chi connectivity index (χ0n) is 17.0. The number of rotatable bonds is 5. The Labute approximate surface area is 188 Å². The van der Waals surface area contributed by atoms with E-state index in [1.54, 1.807) is 30.5 Å². The van der Waals surface area contributed by atoms with Gasteiger partial charge in [-0.1, -0.05) is 36.0 Å². The van der Waals surface area contributed by atoms with Crippen molar-refractivity contribution in [3.8, 4) is 0 Å². The van der Waals surface area contributed by atoms with Gasteiger partial charge >= 0.3 is 0 Å². The minimum Gasteiger partial charge on any atom is -0.370 e. The van der Waals surface area contributed by atoms with E-state index < -0.39 is 17.2 Å². The number of ether oxygens (including phenoxy) is 1. The molecule has 6 nitrogen and oxygen atoms in total. The Bertz CT molecular complexity index is 1060. The number of nitrogens with zero attached hydrogens (tertiary/aromatic N) is 2. The molecule has 1 N–H and O–H groups in total. The fraction of sp³-hybridized carbons (Fsp3) is 0.304. The van der Waals surface area contributed by atoms with Gasteiger partial charge in [-0.2, -0.15) is 0 Å². The van der Waals surface area contributed by atoms with E-state index in [0.29, 0.717) is 29.2 Å².